The van der Waals surface area contributed by atoms with Crippen molar-refractivity contribution < 1.29 is 4.79 Å². The van der Waals surface area contributed by atoms with E-state index in [4.69, 9.17) is 0 Å². The third kappa shape index (κ3) is 1.77. The van der Waals surface area contributed by atoms with E-state index in [9.17, 15) is 4.79 Å². The Kier molecular flexibility index (Phi) is 1.89. The molecule has 0 aliphatic heterocycles. The number of aromatic nitrogens is 3. The number of carbonyl (C=O) groups excluding carboxylic acids is 1. The number of amides is 1. The highest BCUT2D eigenvalue weighted by molar-refractivity contribution is 5.86. The monoisotopic (exact) mass is 138 g/mol. The number of hydrogen-bond acceptors (Lipinski definition) is 4. The molecule has 0 fully saturated rings. The first-order valence-electron chi connectivity index (χ1n) is 2.68. The second-order valence-corrected chi connectivity index (χ2v) is 1.64. The lowest BCUT2D eigenvalue weighted by Gasteiger charge is -1.94. The molecule has 0 unspecified atom stereocenters. The number of rotatable bonds is 1. The first-order chi connectivity index (χ1) is 4.79. The highest BCUT2D eigenvalue weighted by Crippen LogP contribution is 1.89. The second-order valence-electron chi connectivity index (χ2n) is 1.64. The van der Waals surface area contributed by atoms with Crippen molar-refractivity contribution in [2.24, 2.45) is 0 Å². The van der Waals surface area contributed by atoms with Gasteiger partial charge in [-0.2, -0.15) is 0 Å². The van der Waals surface area contributed by atoms with Gasteiger partial charge in [-0.15, -0.1) is 0 Å². The molecule has 0 saturated carbocycles. The van der Waals surface area contributed by atoms with Crippen molar-refractivity contribution >= 4 is 11.9 Å². The van der Waals surface area contributed by atoms with Crippen molar-refractivity contribution in [3.63, 3.8) is 0 Å². The van der Waals surface area contributed by atoms with Crippen molar-refractivity contribution in [3.05, 3.63) is 12.7 Å². The van der Waals surface area contributed by atoms with Gasteiger partial charge in [-0.3, -0.25) is 10.1 Å². The van der Waals surface area contributed by atoms with Gasteiger partial charge in [0.2, 0.25) is 11.9 Å². The van der Waals surface area contributed by atoms with Crippen LogP contribution >= 0.6 is 0 Å². The minimum absolute atomic E-state index is 0.189. The number of anilines is 1. The van der Waals surface area contributed by atoms with Gasteiger partial charge >= 0.3 is 0 Å². The summed E-state index contributed by atoms with van der Waals surface area (Å²) in [6.45, 7) is 1.39. The maximum Gasteiger partial charge on any atom is 0.232 e. The predicted molar refractivity (Wildman–Crippen MR) is 34.1 cm³/mol. The van der Waals surface area contributed by atoms with Crippen LogP contribution in [0.4, 0.5) is 5.95 Å². The molecule has 0 bridgehead atoms. The zero-order valence-electron chi connectivity index (χ0n) is 5.40. The maximum absolute atomic E-state index is 10.4. The Morgan fingerprint density at radius 1 is 1.50 bits per heavy atom. The molecule has 0 radical (unpaired) electrons. The van der Waals surface area contributed by atoms with Gasteiger partial charge in [0.25, 0.3) is 0 Å². The molecule has 0 aliphatic rings. The predicted octanol–water partition coefficient (Wildman–Crippen LogP) is -0.170. The minimum Gasteiger partial charge on any atom is -0.295 e. The summed E-state index contributed by atoms with van der Waals surface area (Å²) in [5.41, 5.74) is 0. The van der Waals surface area contributed by atoms with E-state index in [-0.39, 0.29) is 11.9 Å². The molecule has 1 amide bonds. The summed E-state index contributed by atoms with van der Waals surface area (Å²) in [5, 5.41) is 2.40. The van der Waals surface area contributed by atoms with Crippen molar-refractivity contribution in [3.8, 4) is 0 Å². The van der Waals surface area contributed by atoms with Crippen LogP contribution in [0, 0.1) is 0 Å². The normalized spacial score (nSPS) is 8.90. The Morgan fingerprint density at radius 2 is 2.10 bits per heavy atom. The fourth-order valence-corrected chi connectivity index (χ4v) is 0.461. The molecule has 0 spiro atoms. The van der Waals surface area contributed by atoms with E-state index in [1.165, 1.54) is 19.6 Å². The summed E-state index contributed by atoms with van der Waals surface area (Å²) in [6.07, 6.45) is 2.64. The fraction of sp³-hybridized carbons (Fsp3) is 0.200. The average molecular weight is 138 g/mol. The van der Waals surface area contributed by atoms with Crippen molar-refractivity contribution in [2.75, 3.05) is 5.32 Å². The molecule has 0 aliphatic carbocycles. The molecule has 10 heavy (non-hydrogen) atoms. The summed E-state index contributed by atoms with van der Waals surface area (Å²) < 4.78 is 0. The molecular weight excluding hydrogens is 132 g/mol. The summed E-state index contributed by atoms with van der Waals surface area (Å²) in [6, 6.07) is 0. The van der Waals surface area contributed by atoms with Crippen molar-refractivity contribution in [1.82, 2.24) is 15.0 Å². The lowest BCUT2D eigenvalue weighted by molar-refractivity contribution is -0.114. The fourth-order valence-electron chi connectivity index (χ4n) is 0.461. The Bertz CT molecular complexity index is 222. The van der Waals surface area contributed by atoms with E-state index in [0.29, 0.717) is 0 Å². The van der Waals surface area contributed by atoms with Crippen molar-refractivity contribution in [1.29, 1.82) is 0 Å². The Hall–Kier alpha value is -1.52. The van der Waals surface area contributed by atoms with E-state index in [2.05, 4.69) is 20.3 Å². The van der Waals surface area contributed by atoms with Crippen LogP contribution in [0.2, 0.25) is 0 Å². The molecule has 1 heterocycles. The molecule has 0 saturated heterocycles. The van der Waals surface area contributed by atoms with Gasteiger partial charge in [0.05, 0.1) is 0 Å². The summed E-state index contributed by atoms with van der Waals surface area (Å²) >= 11 is 0. The van der Waals surface area contributed by atoms with Crippen LogP contribution in [0.5, 0.6) is 0 Å². The van der Waals surface area contributed by atoms with Crippen LogP contribution in [-0.2, 0) is 4.79 Å². The maximum atomic E-state index is 10.4. The first-order valence-corrected chi connectivity index (χ1v) is 2.68. The average Bonchev–Trinajstić information content (AvgIpc) is 1.88. The largest absolute Gasteiger partial charge is 0.295 e. The van der Waals surface area contributed by atoms with E-state index in [0.717, 1.165) is 0 Å². The zero-order chi connectivity index (χ0) is 7.40. The van der Waals surface area contributed by atoms with Crippen LogP contribution in [0.3, 0.4) is 0 Å². The van der Waals surface area contributed by atoms with Gasteiger partial charge in [-0.1, -0.05) is 0 Å². The lowest BCUT2D eigenvalue weighted by atomic mass is 10.7. The third-order valence-electron chi connectivity index (χ3n) is 0.781. The molecular formula is C5H6N4O. The summed E-state index contributed by atoms with van der Waals surface area (Å²) in [4.78, 5) is 21.3. The van der Waals surface area contributed by atoms with Gasteiger partial charge in [0, 0.05) is 6.92 Å². The zero-order valence-corrected chi connectivity index (χ0v) is 5.40. The first kappa shape index (κ1) is 6.60. The number of carbonyl (C=O) groups is 1. The quantitative estimate of drug-likeness (QED) is 0.585. The molecule has 1 N–H and O–H groups in total. The summed E-state index contributed by atoms with van der Waals surface area (Å²) in [5.74, 6) is 0.0914. The standard InChI is InChI=1S/C5H6N4O/c1-4(10)9-5-7-2-6-3-8-5/h2-3H,1H3,(H,6,7,8,9,10). The SMILES string of the molecule is CC(=O)Nc1ncncn1. The second kappa shape index (κ2) is 2.86. The van der Waals surface area contributed by atoms with Crippen LogP contribution in [0.25, 0.3) is 0 Å². The Balaban J connectivity index is 2.67. The molecule has 0 atom stereocenters. The molecule has 52 valence electrons. The highest BCUT2D eigenvalue weighted by atomic mass is 16.1. The van der Waals surface area contributed by atoms with Gasteiger partial charge in [0.15, 0.2) is 0 Å². The van der Waals surface area contributed by atoms with Gasteiger partial charge in [-0.25, -0.2) is 15.0 Å². The van der Waals surface area contributed by atoms with Crippen LogP contribution in [0.15, 0.2) is 12.7 Å². The number of nitrogens with one attached hydrogen (secondary N) is 1. The Labute approximate surface area is 57.5 Å². The number of nitrogens with zero attached hydrogens (tertiary/aromatic N) is 3. The molecule has 5 nitrogen and oxygen atoms in total. The summed E-state index contributed by atoms with van der Waals surface area (Å²) in [7, 11) is 0. The number of hydrogen-bond donors (Lipinski definition) is 1. The van der Waals surface area contributed by atoms with Crippen LogP contribution in [0.1, 0.15) is 6.92 Å². The van der Waals surface area contributed by atoms with E-state index in [1.54, 1.807) is 0 Å². The van der Waals surface area contributed by atoms with Crippen LogP contribution < -0.4 is 5.32 Å². The Morgan fingerprint density at radius 3 is 2.60 bits per heavy atom. The molecule has 1 rings (SSSR count). The van der Waals surface area contributed by atoms with E-state index in [1.807, 2.05) is 0 Å². The lowest BCUT2D eigenvalue weighted by Crippen LogP contribution is -2.08. The van der Waals surface area contributed by atoms with Gasteiger partial charge < -0.3 is 0 Å². The van der Waals surface area contributed by atoms with Crippen LogP contribution in [-0.4, -0.2) is 20.9 Å². The van der Waals surface area contributed by atoms with Gasteiger partial charge in [-0.05, 0) is 0 Å². The van der Waals surface area contributed by atoms with E-state index >= 15 is 0 Å². The van der Waals surface area contributed by atoms with Gasteiger partial charge in [0.1, 0.15) is 12.7 Å². The van der Waals surface area contributed by atoms with Crippen molar-refractivity contribution in [2.45, 2.75) is 6.92 Å². The smallest absolute Gasteiger partial charge is 0.232 e. The minimum atomic E-state index is -0.189. The molecule has 1 aromatic rings. The van der Waals surface area contributed by atoms with E-state index < -0.39 is 0 Å². The molecule has 5 heteroatoms. The molecule has 1 aromatic heterocycles. The molecule has 0 aromatic carbocycles. The highest BCUT2D eigenvalue weighted by Gasteiger charge is 1.93. The topological polar surface area (TPSA) is 67.8 Å². The third-order valence-corrected chi connectivity index (χ3v) is 0.781.